The number of benzene rings is 1. The number of carbonyl (C=O) groups excluding carboxylic acids is 1. The van der Waals surface area contributed by atoms with E-state index in [1.54, 1.807) is 0 Å². The Balaban J connectivity index is 1.53. The second-order valence-corrected chi connectivity index (χ2v) is 7.59. The van der Waals surface area contributed by atoms with E-state index < -0.39 is 5.97 Å². The summed E-state index contributed by atoms with van der Waals surface area (Å²) in [5, 5.41) is 9.26. The fourth-order valence-corrected chi connectivity index (χ4v) is 4.05. The summed E-state index contributed by atoms with van der Waals surface area (Å²) in [4.78, 5) is 28.1. The van der Waals surface area contributed by atoms with E-state index in [0.717, 1.165) is 45.7 Å². The minimum atomic E-state index is -0.756. The summed E-state index contributed by atoms with van der Waals surface area (Å²) in [6.07, 6.45) is 1.81. The Morgan fingerprint density at radius 3 is 2.57 bits per heavy atom. The van der Waals surface area contributed by atoms with Crippen molar-refractivity contribution in [2.24, 2.45) is 11.8 Å². The summed E-state index contributed by atoms with van der Waals surface area (Å²) in [7, 11) is 0. The number of rotatable bonds is 8. The first kappa shape index (κ1) is 20.6. The molecular formula is C21H30N2O5. The van der Waals surface area contributed by atoms with Crippen molar-refractivity contribution in [3.8, 4) is 5.75 Å². The first-order valence-corrected chi connectivity index (χ1v) is 10.1. The summed E-state index contributed by atoms with van der Waals surface area (Å²) >= 11 is 0. The molecule has 0 bridgehead atoms. The molecule has 7 heteroatoms. The highest BCUT2D eigenvalue weighted by Gasteiger charge is 2.33. The van der Waals surface area contributed by atoms with Crippen LogP contribution < -0.4 is 4.74 Å². The molecule has 2 saturated heterocycles. The van der Waals surface area contributed by atoms with Gasteiger partial charge in [-0.1, -0.05) is 18.2 Å². The van der Waals surface area contributed by atoms with Crippen LogP contribution in [-0.2, 0) is 14.3 Å². The predicted molar refractivity (Wildman–Crippen MR) is 104 cm³/mol. The Morgan fingerprint density at radius 2 is 1.86 bits per heavy atom. The number of carboxylic acid groups (broad SMARTS) is 1. The molecule has 0 unspecified atom stereocenters. The molecule has 2 aliphatic rings. The number of carbonyl (C=O) groups is 2. The molecule has 2 heterocycles. The zero-order valence-corrected chi connectivity index (χ0v) is 16.3. The van der Waals surface area contributed by atoms with Gasteiger partial charge >= 0.3 is 5.97 Å². The molecule has 154 valence electrons. The predicted octanol–water partition coefficient (Wildman–Crippen LogP) is 1.73. The van der Waals surface area contributed by atoms with Gasteiger partial charge in [0, 0.05) is 32.6 Å². The molecule has 0 radical (unpaired) electrons. The zero-order chi connectivity index (χ0) is 19.8. The number of aliphatic carboxylic acids is 1. The monoisotopic (exact) mass is 390 g/mol. The fourth-order valence-electron chi connectivity index (χ4n) is 4.05. The van der Waals surface area contributed by atoms with Crippen molar-refractivity contribution < 1.29 is 24.2 Å². The van der Waals surface area contributed by atoms with E-state index in [9.17, 15) is 14.7 Å². The Morgan fingerprint density at radius 1 is 1.11 bits per heavy atom. The van der Waals surface area contributed by atoms with Crippen molar-refractivity contribution in [1.29, 1.82) is 0 Å². The number of hydrogen-bond acceptors (Lipinski definition) is 5. The lowest BCUT2D eigenvalue weighted by molar-refractivity contribution is -0.140. The topological polar surface area (TPSA) is 79.3 Å². The summed E-state index contributed by atoms with van der Waals surface area (Å²) in [5.74, 6) is 0.217. The minimum Gasteiger partial charge on any atom is -0.484 e. The molecule has 3 rings (SSSR count). The fraction of sp³-hybridized carbons (Fsp3) is 0.619. The molecule has 0 spiro atoms. The molecule has 2 aliphatic heterocycles. The highest BCUT2D eigenvalue weighted by molar-refractivity contribution is 5.78. The molecule has 28 heavy (non-hydrogen) atoms. The molecule has 0 aromatic heterocycles. The highest BCUT2D eigenvalue weighted by atomic mass is 16.5. The summed E-state index contributed by atoms with van der Waals surface area (Å²) in [5.41, 5.74) is 0. The van der Waals surface area contributed by atoms with E-state index >= 15 is 0 Å². The van der Waals surface area contributed by atoms with E-state index in [2.05, 4.69) is 4.90 Å². The van der Waals surface area contributed by atoms with E-state index in [0.29, 0.717) is 18.8 Å². The SMILES string of the molecule is O=C(O)C[C@@H]1CCN(C(=O)COc2ccccc2)C[C@@H]1CCN1CCOCC1. The van der Waals surface area contributed by atoms with Gasteiger partial charge in [-0.2, -0.15) is 0 Å². The van der Waals surface area contributed by atoms with Crippen LogP contribution in [0, 0.1) is 11.8 Å². The molecule has 0 saturated carbocycles. The molecule has 1 amide bonds. The third-order valence-corrected chi connectivity index (χ3v) is 5.71. The van der Waals surface area contributed by atoms with Gasteiger partial charge in [0.25, 0.3) is 5.91 Å². The maximum Gasteiger partial charge on any atom is 0.303 e. The molecule has 2 fully saturated rings. The van der Waals surface area contributed by atoms with Crippen LogP contribution in [-0.4, -0.2) is 79.3 Å². The first-order chi connectivity index (χ1) is 13.6. The Kier molecular flexibility index (Phi) is 7.68. The average Bonchev–Trinajstić information content (AvgIpc) is 2.72. The maximum atomic E-state index is 12.6. The van der Waals surface area contributed by atoms with Crippen LogP contribution in [0.1, 0.15) is 19.3 Å². The third kappa shape index (κ3) is 6.21. The van der Waals surface area contributed by atoms with Crippen LogP contribution in [0.3, 0.4) is 0 Å². The molecule has 1 aromatic rings. The lowest BCUT2D eigenvalue weighted by atomic mass is 9.81. The van der Waals surface area contributed by atoms with E-state index in [4.69, 9.17) is 9.47 Å². The van der Waals surface area contributed by atoms with Crippen molar-refractivity contribution >= 4 is 11.9 Å². The Labute approximate surface area is 166 Å². The zero-order valence-electron chi connectivity index (χ0n) is 16.3. The van der Waals surface area contributed by atoms with Crippen LogP contribution in [0.5, 0.6) is 5.75 Å². The normalized spacial score (nSPS) is 23.4. The number of ether oxygens (including phenoxy) is 2. The van der Waals surface area contributed by atoms with E-state index in [-0.39, 0.29) is 30.8 Å². The van der Waals surface area contributed by atoms with Gasteiger partial charge in [-0.3, -0.25) is 14.5 Å². The molecule has 0 aliphatic carbocycles. The minimum absolute atomic E-state index is 0.0177. The molecular weight excluding hydrogens is 360 g/mol. The van der Waals surface area contributed by atoms with E-state index in [1.807, 2.05) is 35.2 Å². The standard InChI is InChI=1S/C21H30N2O5/c24-20(16-28-19-4-2-1-3-5-19)23-9-7-17(14-21(25)26)18(15-23)6-8-22-10-12-27-13-11-22/h1-5,17-18H,6-16H2,(H,25,26)/t17-,18-/m0/s1. The average molecular weight is 390 g/mol. The maximum absolute atomic E-state index is 12.6. The van der Waals surface area contributed by atoms with Gasteiger partial charge in [0.1, 0.15) is 5.75 Å². The van der Waals surface area contributed by atoms with Crippen LogP contribution in [0.2, 0.25) is 0 Å². The van der Waals surface area contributed by atoms with Crippen molar-refractivity contribution in [2.75, 3.05) is 52.5 Å². The van der Waals surface area contributed by atoms with Crippen molar-refractivity contribution in [3.63, 3.8) is 0 Å². The van der Waals surface area contributed by atoms with Crippen molar-refractivity contribution in [2.45, 2.75) is 19.3 Å². The summed E-state index contributed by atoms with van der Waals surface area (Å²) in [6, 6.07) is 9.31. The lowest BCUT2D eigenvalue weighted by Gasteiger charge is -2.39. The Hall–Kier alpha value is -2.12. The van der Waals surface area contributed by atoms with Crippen LogP contribution in [0.15, 0.2) is 30.3 Å². The number of piperidine rings is 1. The number of amides is 1. The van der Waals surface area contributed by atoms with Gasteiger partial charge in [-0.15, -0.1) is 0 Å². The summed E-state index contributed by atoms with van der Waals surface area (Å²) in [6.45, 7) is 5.50. The second kappa shape index (κ2) is 10.4. The quantitative estimate of drug-likeness (QED) is 0.728. The highest BCUT2D eigenvalue weighted by Crippen LogP contribution is 2.29. The lowest BCUT2D eigenvalue weighted by Crippen LogP contribution is -2.47. The molecule has 7 nitrogen and oxygen atoms in total. The number of morpholine rings is 1. The largest absolute Gasteiger partial charge is 0.484 e. The number of nitrogens with zero attached hydrogens (tertiary/aromatic N) is 2. The van der Waals surface area contributed by atoms with Crippen molar-refractivity contribution in [1.82, 2.24) is 9.80 Å². The van der Waals surface area contributed by atoms with Gasteiger partial charge in [0.2, 0.25) is 0 Å². The van der Waals surface area contributed by atoms with Gasteiger partial charge in [0.05, 0.1) is 13.2 Å². The van der Waals surface area contributed by atoms with Gasteiger partial charge < -0.3 is 19.5 Å². The molecule has 1 aromatic carbocycles. The number of hydrogen-bond donors (Lipinski definition) is 1. The number of likely N-dealkylation sites (tertiary alicyclic amines) is 1. The van der Waals surface area contributed by atoms with Gasteiger partial charge in [-0.25, -0.2) is 0 Å². The summed E-state index contributed by atoms with van der Waals surface area (Å²) < 4.78 is 11.0. The smallest absolute Gasteiger partial charge is 0.303 e. The number of para-hydroxylation sites is 1. The molecule has 2 atom stereocenters. The third-order valence-electron chi connectivity index (χ3n) is 5.71. The van der Waals surface area contributed by atoms with E-state index in [1.165, 1.54) is 0 Å². The van der Waals surface area contributed by atoms with Gasteiger partial charge in [0.15, 0.2) is 6.61 Å². The van der Waals surface area contributed by atoms with Crippen molar-refractivity contribution in [3.05, 3.63) is 30.3 Å². The molecule has 1 N–H and O–H groups in total. The number of carboxylic acids is 1. The van der Waals surface area contributed by atoms with Crippen LogP contribution in [0.25, 0.3) is 0 Å². The van der Waals surface area contributed by atoms with Gasteiger partial charge in [-0.05, 0) is 43.4 Å². The van der Waals surface area contributed by atoms with Crippen LogP contribution in [0.4, 0.5) is 0 Å². The van der Waals surface area contributed by atoms with Crippen LogP contribution >= 0.6 is 0 Å². The first-order valence-electron chi connectivity index (χ1n) is 10.1. The Bertz CT molecular complexity index is 633. The second-order valence-electron chi connectivity index (χ2n) is 7.59.